The van der Waals surface area contributed by atoms with E-state index in [9.17, 15) is 14.4 Å². The number of amides is 1. The largest absolute Gasteiger partial charge is 0.469 e. The van der Waals surface area contributed by atoms with E-state index in [0.717, 1.165) is 0 Å². The molecule has 0 aromatic carbocycles. The van der Waals surface area contributed by atoms with E-state index in [0.29, 0.717) is 6.42 Å². The lowest BCUT2D eigenvalue weighted by Gasteiger charge is -2.49. The van der Waals surface area contributed by atoms with Crippen molar-refractivity contribution < 1.29 is 23.9 Å². The molecule has 0 bridgehead atoms. The second-order valence-corrected chi connectivity index (χ2v) is 5.49. The molecule has 0 aliphatic heterocycles. The first-order valence-corrected chi connectivity index (χ1v) is 6.39. The van der Waals surface area contributed by atoms with E-state index in [2.05, 4.69) is 10.1 Å². The molecule has 2 atom stereocenters. The second-order valence-electron chi connectivity index (χ2n) is 5.49. The maximum Gasteiger partial charge on any atom is 0.354 e. The van der Waals surface area contributed by atoms with Crippen LogP contribution in [0.4, 0.5) is 0 Å². The zero-order valence-electron chi connectivity index (χ0n) is 12.5. The molecule has 20 heavy (non-hydrogen) atoms. The number of carbonyl (C=O) groups is 3. The molecule has 1 aliphatic carbocycles. The number of rotatable bonds is 4. The Kier molecular flexibility index (Phi) is 4.92. The maximum atomic E-state index is 11.6. The Balaban J connectivity index is 2.89. The van der Waals surface area contributed by atoms with E-state index in [4.69, 9.17) is 4.74 Å². The van der Waals surface area contributed by atoms with Gasteiger partial charge in [0.15, 0.2) is 0 Å². The van der Waals surface area contributed by atoms with Crippen LogP contribution in [0.5, 0.6) is 0 Å². The average molecular weight is 283 g/mol. The zero-order chi connectivity index (χ0) is 15.5. The first-order chi connectivity index (χ1) is 9.23. The van der Waals surface area contributed by atoms with Gasteiger partial charge in [-0.25, -0.2) is 4.79 Å². The molecule has 0 spiro atoms. The smallest absolute Gasteiger partial charge is 0.354 e. The standard InChI is InChI=1S/C14H21NO5/c1-8(16)15-11(13(18)20-5)7-9-6-10(12(17)19-4)14(9,2)3/h7,9-10H,6H2,1-5H3,(H,15,16)/b11-7-/t9-,10+/m1/s1. The highest BCUT2D eigenvalue weighted by Gasteiger charge is 2.51. The third kappa shape index (κ3) is 3.18. The van der Waals surface area contributed by atoms with Crippen LogP contribution in [0.2, 0.25) is 0 Å². The number of esters is 2. The Morgan fingerprint density at radius 3 is 2.20 bits per heavy atom. The minimum atomic E-state index is -0.600. The van der Waals surface area contributed by atoms with Crippen LogP contribution >= 0.6 is 0 Å². The molecule has 6 nitrogen and oxygen atoms in total. The molecule has 1 N–H and O–H groups in total. The number of carbonyl (C=O) groups excluding carboxylic acids is 3. The van der Waals surface area contributed by atoms with Gasteiger partial charge in [-0.2, -0.15) is 0 Å². The molecule has 1 fully saturated rings. The summed E-state index contributed by atoms with van der Waals surface area (Å²) in [5, 5.41) is 2.46. The van der Waals surface area contributed by atoms with Crippen LogP contribution in [0.3, 0.4) is 0 Å². The second kappa shape index (κ2) is 6.07. The lowest BCUT2D eigenvalue weighted by atomic mass is 9.54. The predicted molar refractivity (Wildman–Crippen MR) is 71.3 cm³/mol. The van der Waals surface area contributed by atoms with Gasteiger partial charge >= 0.3 is 11.9 Å². The number of hydrogen-bond donors (Lipinski definition) is 1. The van der Waals surface area contributed by atoms with Crippen molar-refractivity contribution in [1.82, 2.24) is 5.32 Å². The van der Waals surface area contributed by atoms with Crippen molar-refractivity contribution in [2.45, 2.75) is 27.2 Å². The SMILES string of the molecule is COC(=O)/C(=C/[C@H]1C[C@@H](C(=O)OC)C1(C)C)NC(C)=O. The van der Waals surface area contributed by atoms with Gasteiger partial charge in [0.2, 0.25) is 5.91 Å². The quantitative estimate of drug-likeness (QED) is 0.615. The Morgan fingerprint density at radius 1 is 1.20 bits per heavy atom. The highest BCUT2D eigenvalue weighted by molar-refractivity contribution is 5.93. The van der Waals surface area contributed by atoms with Crippen molar-refractivity contribution in [3.63, 3.8) is 0 Å². The first kappa shape index (κ1) is 16.2. The number of ether oxygens (including phenoxy) is 2. The molecule has 112 valence electrons. The molecule has 0 radical (unpaired) electrons. The summed E-state index contributed by atoms with van der Waals surface area (Å²) in [6.07, 6.45) is 2.24. The van der Waals surface area contributed by atoms with E-state index in [1.807, 2.05) is 13.8 Å². The predicted octanol–water partition coefficient (Wildman–Crippen LogP) is 1.01. The normalized spacial score (nSPS) is 24.4. The molecule has 6 heteroatoms. The van der Waals surface area contributed by atoms with Gasteiger partial charge in [-0.15, -0.1) is 0 Å². The summed E-state index contributed by atoms with van der Waals surface area (Å²) >= 11 is 0. The third-order valence-electron chi connectivity index (χ3n) is 3.91. The van der Waals surface area contributed by atoms with Gasteiger partial charge < -0.3 is 14.8 Å². The Labute approximate surface area is 118 Å². The molecule has 1 aliphatic rings. The van der Waals surface area contributed by atoms with E-state index in [1.54, 1.807) is 6.08 Å². The van der Waals surface area contributed by atoms with E-state index >= 15 is 0 Å². The van der Waals surface area contributed by atoms with Gasteiger partial charge in [0.05, 0.1) is 20.1 Å². The van der Waals surface area contributed by atoms with Crippen LogP contribution in [0.1, 0.15) is 27.2 Å². The molecular formula is C14H21NO5. The van der Waals surface area contributed by atoms with Gasteiger partial charge in [0, 0.05) is 6.92 Å². The summed E-state index contributed by atoms with van der Waals surface area (Å²) in [4.78, 5) is 34.3. The number of methoxy groups -OCH3 is 2. The fourth-order valence-corrected chi connectivity index (χ4v) is 2.45. The lowest BCUT2D eigenvalue weighted by Crippen LogP contribution is -2.49. The Bertz CT molecular complexity index is 452. The summed E-state index contributed by atoms with van der Waals surface area (Å²) in [5.74, 6) is -1.41. The highest BCUT2D eigenvalue weighted by atomic mass is 16.5. The van der Waals surface area contributed by atoms with Crippen molar-refractivity contribution in [3.05, 3.63) is 11.8 Å². The third-order valence-corrected chi connectivity index (χ3v) is 3.91. The van der Waals surface area contributed by atoms with Gasteiger partial charge in [0.1, 0.15) is 5.70 Å². The van der Waals surface area contributed by atoms with Gasteiger partial charge in [-0.05, 0) is 23.8 Å². The van der Waals surface area contributed by atoms with Gasteiger partial charge in [0.25, 0.3) is 0 Å². The molecule has 0 unspecified atom stereocenters. The van der Waals surface area contributed by atoms with Crippen molar-refractivity contribution in [2.24, 2.45) is 17.3 Å². The molecule has 1 amide bonds. The number of allylic oxidation sites excluding steroid dienone is 1. The summed E-state index contributed by atoms with van der Waals surface area (Å²) in [7, 11) is 2.61. The maximum absolute atomic E-state index is 11.6. The number of nitrogens with one attached hydrogen (secondary N) is 1. The highest BCUT2D eigenvalue weighted by Crippen LogP contribution is 2.52. The first-order valence-electron chi connectivity index (χ1n) is 6.39. The summed E-state index contributed by atoms with van der Waals surface area (Å²) < 4.78 is 9.39. The average Bonchev–Trinajstić information content (AvgIpc) is 2.39. The zero-order valence-corrected chi connectivity index (χ0v) is 12.5. The Hall–Kier alpha value is -1.85. The summed E-state index contributed by atoms with van der Waals surface area (Å²) in [6, 6.07) is 0. The van der Waals surface area contributed by atoms with Crippen LogP contribution < -0.4 is 5.32 Å². The van der Waals surface area contributed by atoms with Crippen LogP contribution in [0.25, 0.3) is 0 Å². The van der Waals surface area contributed by atoms with E-state index < -0.39 is 5.97 Å². The van der Waals surface area contributed by atoms with Crippen molar-refractivity contribution >= 4 is 17.8 Å². The molecule has 0 saturated heterocycles. The molecule has 1 rings (SSSR count). The monoisotopic (exact) mass is 283 g/mol. The molecule has 1 saturated carbocycles. The minimum Gasteiger partial charge on any atom is -0.469 e. The molecule has 0 heterocycles. The lowest BCUT2D eigenvalue weighted by molar-refractivity contribution is -0.160. The fourth-order valence-electron chi connectivity index (χ4n) is 2.45. The Morgan fingerprint density at radius 2 is 1.80 bits per heavy atom. The van der Waals surface area contributed by atoms with Crippen LogP contribution in [-0.4, -0.2) is 32.1 Å². The van der Waals surface area contributed by atoms with Crippen molar-refractivity contribution in [2.75, 3.05) is 14.2 Å². The van der Waals surface area contributed by atoms with Crippen LogP contribution in [-0.2, 0) is 23.9 Å². The minimum absolute atomic E-state index is 0.00690. The summed E-state index contributed by atoms with van der Waals surface area (Å²) in [5.41, 5.74) is -0.216. The summed E-state index contributed by atoms with van der Waals surface area (Å²) in [6.45, 7) is 5.18. The van der Waals surface area contributed by atoms with Crippen LogP contribution in [0.15, 0.2) is 11.8 Å². The van der Waals surface area contributed by atoms with E-state index in [1.165, 1.54) is 21.1 Å². The molecule has 0 aromatic rings. The van der Waals surface area contributed by atoms with E-state index in [-0.39, 0.29) is 34.8 Å². The van der Waals surface area contributed by atoms with Gasteiger partial charge in [-0.1, -0.05) is 13.8 Å². The molecular weight excluding hydrogens is 262 g/mol. The number of hydrogen-bond acceptors (Lipinski definition) is 5. The van der Waals surface area contributed by atoms with Gasteiger partial charge in [-0.3, -0.25) is 9.59 Å². The van der Waals surface area contributed by atoms with Crippen LogP contribution in [0, 0.1) is 17.3 Å². The van der Waals surface area contributed by atoms with Crippen molar-refractivity contribution in [3.8, 4) is 0 Å². The van der Waals surface area contributed by atoms with Crippen molar-refractivity contribution in [1.29, 1.82) is 0 Å². The fraction of sp³-hybridized carbons (Fsp3) is 0.643. The molecule has 0 aromatic heterocycles. The topological polar surface area (TPSA) is 81.7 Å².